The van der Waals surface area contributed by atoms with Gasteiger partial charge in [-0.25, -0.2) is 4.52 Å². The van der Waals surface area contributed by atoms with E-state index in [4.69, 9.17) is 14.2 Å². The van der Waals surface area contributed by atoms with Crippen LogP contribution in [0.15, 0.2) is 12.1 Å². The van der Waals surface area contributed by atoms with Gasteiger partial charge < -0.3 is 14.2 Å². The molecule has 2 heterocycles. The molecule has 0 aliphatic rings. The van der Waals surface area contributed by atoms with E-state index < -0.39 is 0 Å². The van der Waals surface area contributed by atoms with E-state index in [1.54, 1.807) is 25.8 Å². The maximum atomic E-state index is 5.34. The van der Waals surface area contributed by atoms with Crippen LogP contribution in [0.1, 0.15) is 5.82 Å². The molecule has 3 aromatic rings. The van der Waals surface area contributed by atoms with Crippen LogP contribution < -0.4 is 14.2 Å². The number of aryl methyl sites for hydroxylation is 1. The molecule has 0 spiro atoms. The number of methoxy groups -OCH3 is 3. The number of ether oxygens (including phenoxy) is 3. The Morgan fingerprint density at radius 2 is 1.67 bits per heavy atom. The van der Waals surface area contributed by atoms with Gasteiger partial charge in [0.2, 0.25) is 5.75 Å². The Balaban J connectivity index is 2.16. The molecule has 0 aliphatic carbocycles. The first-order chi connectivity index (χ1) is 10.2. The van der Waals surface area contributed by atoms with Gasteiger partial charge in [0, 0.05) is 5.56 Å². The SMILES string of the molecule is COc1cc(-c2nc3nnc(C)n3[nH]2)cc(OC)c1OC. The molecule has 3 rings (SSSR count). The number of H-pyrrole nitrogens is 1. The van der Waals surface area contributed by atoms with Gasteiger partial charge in [-0.15, -0.1) is 10.2 Å². The Morgan fingerprint density at radius 1 is 1.00 bits per heavy atom. The van der Waals surface area contributed by atoms with Crippen LogP contribution in [0.2, 0.25) is 0 Å². The normalized spacial score (nSPS) is 10.9. The van der Waals surface area contributed by atoms with Gasteiger partial charge in [0.25, 0.3) is 5.78 Å². The lowest BCUT2D eigenvalue weighted by atomic mass is 10.1. The number of rotatable bonds is 4. The third-order valence-corrected chi connectivity index (χ3v) is 3.18. The van der Waals surface area contributed by atoms with Gasteiger partial charge in [0.1, 0.15) is 0 Å². The highest BCUT2D eigenvalue weighted by atomic mass is 16.5. The molecule has 8 nitrogen and oxygen atoms in total. The van der Waals surface area contributed by atoms with E-state index in [-0.39, 0.29) is 0 Å². The molecule has 8 heteroatoms. The Bertz CT molecular complexity index is 767. The van der Waals surface area contributed by atoms with Crippen LogP contribution in [0.5, 0.6) is 17.2 Å². The number of hydrogen-bond acceptors (Lipinski definition) is 6. The zero-order chi connectivity index (χ0) is 15.0. The van der Waals surface area contributed by atoms with Gasteiger partial charge in [0.15, 0.2) is 23.1 Å². The smallest absolute Gasteiger partial charge is 0.272 e. The molecule has 0 aliphatic heterocycles. The molecule has 2 aromatic heterocycles. The zero-order valence-electron chi connectivity index (χ0n) is 12.2. The summed E-state index contributed by atoms with van der Waals surface area (Å²) >= 11 is 0. The maximum Gasteiger partial charge on any atom is 0.272 e. The predicted molar refractivity (Wildman–Crippen MR) is 75.0 cm³/mol. The molecular formula is C13H15N5O3. The number of fused-ring (bicyclic) bond motifs is 1. The summed E-state index contributed by atoms with van der Waals surface area (Å²) in [4.78, 5) is 4.39. The Kier molecular flexibility index (Phi) is 3.13. The fraction of sp³-hybridized carbons (Fsp3) is 0.308. The number of benzene rings is 1. The van der Waals surface area contributed by atoms with Crippen molar-refractivity contribution in [3.63, 3.8) is 0 Å². The van der Waals surface area contributed by atoms with Crippen molar-refractivity contribution >= 4 is 5.78 Å². The molecular weight excluding hydrogens is 274 g/mol. The van der Waals surface area contributed by atoms with Crippen molar-refractivity contribution in [1.82, 2.24) is 24.8 Å². The van der Waals surface area contributed by atoms with Crippen molar-refractivity contribution < 1.29 is 14.2 Å². The average Bonchev–Trinajstić information content (AvgIpc) is 3.08. The summed E-state index contributed by atoms with van der Waals surface area (Å²) in [7, 11) is 4.71. The standard InChI is InChI=1S/C13H15N5O3/c1-7-15-16-13-14-12(17-18(7)13)8-5-9(19-2)11(21-4)10(6-8)20-3/h5-6H,1-4H3,(H,14,16,17). The monoisotopic (exact) mass is 289 g/mol. The van der Waals surface area contributed by atoms with E-state index in [1.165, 1.54) is 0 Å². The third kappa shape index (κ3) is 2.04. The first-order valence-electron chi connectivity index (χ1n) is 6.26. The molecule has 0 bridgehead atoms. The summed E-state index contributed by atoms with van der Waals surface area (Å²) in [5.74, 6) is 3.55. The minimum atomic E-state index is 0.510. The number of nitrogens with one attached hydrogen (secondary N) is 1. The molecule has 0 amide bonds. The summed E-state index contributed by atoms with van der Waals surface area (Å²) in [6.07, 6.45) is 0. The third-order valence-electron chi connectivity index (χ3n) is 3.18. The van der Waals surface area contributed by atoms with Crippen molar-refractivity contribution in [3.05, 3.63) is 18.0 Å². The molecule has 0 fully saturated rings. The van der Waals surface area contributed by atoms with E-state index in [0.717, 1.165) is 11.4 Å². The van der Waals surface area contributed by atoms with Gasteiger partial charge in [-0.3, -0.25) is 5.10 Å². The van der Waals surface area contributed by atoms with Gasteiger partial charge in [-0.2, -0.15) is 4.98 Å². The Labute approximate surface area is 120 Å². The highest BCUT2D eigenvalue weighted by molar-refractivity contribution is 5.67. The molecule has 0 saturated heterocycles. The summed E-state index contributed by atoms with van der Waals surface area (Å²) in [5.41, 5.74) is 0.800. The first-order valence-corrected chi connectivity index (χ1v) is 6.26. The van der Waals surface area contributed by atoms with E-state index in [9.17, 15) is 0 Å². The summed E-state index contributed by atoms with van der Waals surface area (Å²) < 4.78 is 17.7. The van der Waals surface area contributed by atoms with Crippen molar-refractivity contribution in [2.24, 2.45) is 0 Å². The quantitative estimate of drug-likeness (QED) is 0.782. The fourth-order valence-electron chi connectivity index (χ4n) is 2.13. The molecule has 0 unspecified atom stereocenters. The van der Waals surface area contributed by atoms with Gasteiger partial charge in [-0.05, 0) is 19.1 Å². The van der Waals surface area contributed by atoms with Crippen LogP contribution in [-0.4, -0.2) is 46.1 Å². The fourth-order valence-corrected chi connectivity index (χ4v) is 2.13. The van der Waals surface area contributed by atoms with E-state index in [2.05, 4.69) is 20.3 Å². The maximum absolute atomic E-state index is 5.34. The van der Waals surface area contributed by atoms with E-state index in [1.807, 2.05) is 19.1 Å². The second-order valence-electron chi connectivity index (χ2n) is 4.37. The first kappa shape index (κ1) is 13.2. The molecule has 0 atom stereocenters. The largest absolute Gasteiger partial charge is 0.493 e. The van der Waals surface area contributed by atoms with Crippen molar-refractivity contribution in [3.8, 4) is 28.6 Å². The zero-order valence-corrected chi connectivity index (χ0v) is 12.2. The lowest BCUT2D eigenvalue weighted by molar-refractivity contribution is 0.324. The number of hydrogen-bond donors (Lipinski definition) is 1. The van der Waals surface area contributed by atoms with Gasteiger partial charge in [0.05, 0.1) is 21.3 Å². The van der Waals surface area contributed by atoms with Crippen LogP contribution in [-0.2, 0) is 0 Å². The predicted octanol–water partition coefficient (Wildman–Crippen LogP) is 1.45. The minimum Gasteiger partial charge on any atom is -0.493 e. The molecule has 110 valence electrons. The topological polar surface area (TPSA) is 86.6 Å². The van der Waals surface area contributed by atoms with E-state index >= 15 is 0 Å². The molecule has 1 N–H and O–H groups in total. The average molecular weight is 289 g/mol. The highest BCUT2D eigenvalue weighted by Crippen LogP contribution is 2.40. The van der Waals surface area contributed by atoms with Crippen molar-refractivity contribution in [2.75, 3.05) is 21.3 Å². The highest BCUT2D eigenvalue weighted by Gasteiger charge is 2.16. The molecule has 21 heavy (non-hydrogen) atoms. The molecule has 0 radical (unpaired) electrons. The number of aromatic nitrogens is 5. The van der Waals surface area contributed by atoms with Crippen LogP contribution in [0, 0.1) is 6.92 Å². The van der Waals surface area contributed by atoms with E-state index in [0.29, 0.717) is 28.9 Å². The molecule has 1 aromatic carbocycles. The molecule has 0 saturated carbocycles. The van der Waals surface area contributed by atoms with Crippen LogP contribution in [0.4, 0.5) is 0 Å². The lowest BCUT2D eigenvalue weighted by Crippen LogP contribution is -1.96. The van der Waals surface area contributed by atoms with Crippen LogP contribution in [0.3, 0.4) is 0 Å². The minimum absolute atomic E-state index is 0.510. The second-order valence-corrected chi connectivity index (χ2v) is 4.37. The van der Waals surface area contributed by atoms with Crippen molar-refractivity contribution in [1.29, 1.82) is 0 Å². The Hall–Kier alpha value is -2.77. The summed E-state index contributed by atoms with van der Waals surface area (Å²) in [6.45, 7) is 1.84. The van der Waals surface area contributed by atoms with Gasteiger partial charge in [-0.1, -0.05) is 0 Å². The number of nitrogens with zero attached hydrogens (tertiary/aromatic N) is 4. The Morgan fingerprint density at radius 3 is 2.19 bits per heavy atom. The summed E-state index contributed by atoms with van der Waals surface area (Å²) in [5, 5.41) is 11.0. The van der Waals surface area contributed by atoms with Gasteiger partial charge >= 0.3 is 0 Å². The van der Waals surface area contributed by atoms with Crippen LogP contribution >= 0.6 is 0 Å². The lowest BCUT2D eigenvalue weighted by Gasteiger charge is -2.13. The second kappa shape index (κ2) is 4.97. The van der Waals surface area contributed by atoms with Crippen LogP contribution in [0.25, 0.3) is 17.2 Å². The summed E-state index contributed by atoms with van der Waals surface area (Å²) in [6, 6.07) is 3.64. The number of aromatic amines is 1. The van der Waals surface area contributed by atoms with Crippen molar-refractivity contribution in [2.45, 2.75) is 6.92 Å².